The number of nitrogens with zero attached hydrogens (tertiary/aromatic N) is 4. The lowest BCUT2D eigenvalue weighted by Gasteiger charge is -2.29. The van der Waals surface area contributed by atoms with Gasteiger partial charge in [0.15, 0.2) is 16.5 Å². The van der Waals surface area contributed by atoms with Crippen molar-refractivity contribution in [2.45, 2.75) is 58.5 Å². The van der Waals surface area contributed by atoms with Gasteiger partial charge in [0.25, 0.3) is 11.8 Å². The maximum Gasteiger partial charge on any atom is 0.273 e. The minimum Gasteiger partial charge on any atom is -0.347 e. The summed E-state index contributed by atoms with van der Waals surface area (Å²) in [4.78, 5) is 32.8. The summed E-state index contributed by atoms with van der Waals surface area (Å²) in [7, 11) is 0. The van der Waals surface area contributed by atoms with Gasteiger partial charge in [-0.1, -0.05) is 36.0 Å². The van der Waals surface area contributed by atoms with E-state index < -0.39 is 0 Å². The van der Waals surface area contributed by atoms with E-state index in [1.54, 1.807) is 16.8 Å². The van der Waals surface area contributed by atoms with Crippen LogP contribution in [0.15, 0.2) is 30.3 Å². The third-order valence-electron chi connectivity index (χ3n) is 5.69. The van der Waals surface area contributed by atoms with Crippen molar-refractivity contribution in [3.05, 3.63) is 41.6 Å². The maximum atomic E-state index is 13.2. The molecule has 3 aromatic rings. The molecule has 1 aromatic carbocycles. The molecular weight excluding hydrogens is 436 g/mol. The molecule has 0 radical (unpaired) electrons. The second-order valence-corrected chi connectivity index (χ2v) is 10.7. The molecule has 0 spiro atoms. The average molecular weight is 469 g/mol. The molecule has 1 aliphatic heterocycles. The zero-order chi connectivity index (χ0) is 23.6. The van der Waals surface area contributed by atoms with Crippen LogP contribution in [0.25, 0.3) is 10.3 Å². The number of nitrogens with one attached hydrogen (secondary N) is 2. The Morgan fingerprint density at radius 3 is 2.45 bits per heavy atom. The molecule has 33 heavy (non-hydrogen) atoms. The number of aromatic nitrogens is 3. The van der Waals surface area contributed by atoms with E-state index >= 15 is 0 Å². The number of carbonyl (C=O) groups is 2. The van der Waals surface area contributed by atoms with Crippen LogP contribution in [-0.2, 0) is 5.54 Å². The van der Waals surface area contributed by atoms with E-state index in [0.717, 1.165) is 19.6 Å². The number of hydrogen-bond donors (Lipinski definition) is 2. The minimum absolute atomic E-state index is 0.00983. The highest BCUT2D eigenvalue weighted by Crippen LogP contribution is 2.32. The molecule has 2 amide bonds. The van der Waals surface area contributed by atoms with Crippen molar-refractivity contribution in [1.29, 1.82) is 0 Å². The second kappa shape index (κ2) is 9.61. The van der Waals surface area contributed by atoms with Crippen molar-refractivity contribution in [3.63, 3.8) is 0 Å². The molecule has 1 atom stereocenters. The number of fused-ring (bicyclic) bond motifs is 1. The molecule has 1 fully saturated rings. The molecule has 0 saturated carbocycles. The van der Waals surface area contributed by atoms with Crippen LogP contribution in [0.4, 0.5) is 5.13 Å². The van der Waals surface area contributed by atoms with Crippen molar-refractivity contribution in [2.75, 3.05) is 25.0 Å². The van der Waals surface area contributed by atoms with Crippen LogP contribution in [0.5, 0.6) is 0 Å². The van der Waals surface area contributed by atoms with Gasteiger partial charge in [0, 0.05) is 18.2 Å². The highest BCUT2D eigenvalue weighted by Gasteiger charge is 2.28. The highest BCUT2D eigenvalue weighted by molar-refractivity contribution is 7.22. The summed E-state index contributed by atoms with van der Waals surface area (Å²) in [5.41, 5.74) is 1.14. The minimum atomic E-state index is -0.370. The van der Waals surface area contributed by atoms with Gasteiger partial charge in [0.2, 0.25) is 0 Å². The quantitative estimate of drug-likeness (QED) is 0.568. The van der Waals surface area contributed by atoms with Gasteiger partial charge in [0.05, 0.1) is 5.54 Å². The number of piperidine rings is 1. The number of benzene rings is 1. The Bertz CT molecular complexity index is 1130. The number of carbonyl (C=O) groups excluding carboxylic acids is 2. The molecule has 8 nitrogen and oxygen atoms in total. The number of thiazole rings is 1. The number of rotatable bonds is 6. The summed E-state index contributed by atoms with van der Waals surface area (Å²) < 4.78 is 2.44. The molecule has 4 rings (SSSR count). The lowest BCUT2D eigenvalue weighted by atomic mass is 10.1. The predicted octanol–water partition coefficient (Wildman–Crippen LogP) is 4.10. The lowest BCUT2D eigenvalue weighted by molar-refractivity contribution is 0.0920. The van der Waals surface area contributed by atoms with E-state index in [1.165, 1.54) is 30.6 Å². The zero-order valence-electron chi connectivity index (χ0n) is 19.7. The fourth-order valence-electron chi connectivity index (χ4n) is 4.10. The maximum absolute atomic E-state index is 13.2. The Kier molecular flexibility index (Phi) is 6.81. The van der Waals surface area contributed by atoms with Gasteiger partial charge in [-0.3, -0.25) is 14.9 Å². The van der Waals surface area contributed by atoms with Gasteiger partial charge in [-0.05, 0) is 65.8 Å². The van der Waals surface area contributed by atoms with Crippen molar-refractivity contribution in [2.24, 2.45) is 0 Å². The van der Waals surface area contributed by atoms with Crippen LogP contribution in [0.1, 0.15) is 67.8 Å². The van der Waals surface area contributed by atoms with Crippen molar-refractivity contribution >= 4 is 38.6 Å². The fourth-order valence-corrected chi connectivity index (χ4v) is 5.02. The Morgan fingerprint density at radius 2 is 1.79 bits per heavy atom. The Hall–Kier alpha value is -2.78. The van der Waals surface area contributed by atoms with Crippen LogP contribution in [0.2, 0.25) is 0 Å². The van der Waals surface area contributed by atoms with E-state index in [1.807, 2.05) is 45.9 Å². The molecule has 2 N–H and O–H groups in total. The summed E-state index contributed by atoms with van der Waals surface area (Å²) >= 11 is 1.28. The summed E-state index contributed by atoms with van der Waals surface area (Å²) in [6.07, 6.45) is 3.72. The lowest BCUT2D eigenvalue weighted by Crippen LogP contribution is -2.43. The SMILES string of the molecule is CC(CN1CCCCC1)NC(=O)c1nn(C(C)(C)C)c2nc(NC(=O)c3ccccc3)sc12. The number of amides is 2. The molecule has 1 aliphatic rings. The molecule has 0 bridgehead atoms. The van der Waals surface area contributed by atoms with E-state index in [4.69, 9.17) is 0 Å². The molecule has 3 heterocycles. The first-order valence-corrected chi connectivity index (χ1v) is 12.3. The van der Waals surface area contributed by atoms with E-state index in [-0.39, 0.29) is 23.4 Å². The van der Waals surface area contributed by atoms with Crippen molar-refractivity contribution in [1.82, 2.24) is 25.0 Å². The van der Waals surface area contributed by atoms with Gasteiger partial charge in [0.1, 0.15) is 4.70 Å². The first-order chi connectivity index (χ1) is 15.7. The number of likely N-dealkylation sites (tertiary alicyclic amines) is 1. The molecular formula is C24H32N6O2S. The van der Waals surface area contributed by atoms with Gasteiger partial charge < -0.3 is 10.2 Å². The van der Waals surface area contributed by atoms with Gasteiger partial charge in [-0.15, -0.1) is 0 Å². The average Bonchev–Trinajstić information content (AvgIpc) is 3.33. The molecule has 0 aliphatic carbocycles. The molecule has 2 aromatic heterocycles. The summed E-state index contributed by atoms with van der Waals surface area (Å²) in [5.74, 6) is -0.444. The first-order valence-electron chi connectivity index (χ1n) is 11.5. The van der Waals surface area contributed by atoms with Crippen LogP contribution in [0, 0.1) is 0 Å². The number of anilines is 1. The van der Waals surface area contributed by atoms with Crippen LogP contribution in [0.3, 0.4) is 0 Å². The van der Waals surface area contributed by atoms with Crippen LogP contribution in [-0.4, -0.2) is 57.2 Å². The summed E-state index contributed by atoms with van der Waals surface area (Å²) in [5, 5.41) is 11.0. The molecule has 176 valence electrons. The number of hydrogen-bond acceptors (Lipinski definition) is 6. The van der Waals surface area contributed by atoms with Crippen LogP contribution < -0.4 is 10.6 Å². The Morgan fingerprint density at radius 1 is 1.09 bits per heavy atom. The Labute approximate surface area is 198 Å². The Balaban J connectivity index is 1.56. The standard InChI is InChI=1S/C24H32N6O2S/c1-16(15-29-13-9-6-10-14-29)25-22(32)18-19-20(30(28-18)24(2,3)4)26-23(33-19)27-21(31)17-11-7-5-8-12-17/h5,7-8,11-12,16H,6,9-10,13-15H2,1-4H3,(H,25,32)(H,26,27,31). The topological polar surface area (TPSA) is 92.2 Å². The summed E-state index contributed by atoms with van der Waals surface area (Å²) in [6.45, 7) is 11.1. The zero-order valence-corrected chi connectivity index (χ0v) is 20.5. The molecule has 1 unspecified atom stereocenters. The monoisotopic (exact) mass is 468 g/mol. The van der Waals surface area contributed by atoms with E-state index in [9.17, 15) is 9.59 Å². The normalized spacial score (nSPS) is 16.0. The fraction of sp³-hybridized carbons (Fsp3) is 0.500. The predicted molar refractivity (Wildman–Crippen MR) is 132 cm³/mol. The van der Waals surface area contributed by atoms with Gasteiger partial charge >= 0.3 is 0 Å². The van der Waals surface area contributed by atoms with E-state index in [2.05, 4.69) is 25.6 Å². The smallest absolute Gasteiger partial charge is 0.273 e. The third kappa shape index (κ3) is 5.42. The van der Waals surface area contributed by atoms with Crippen molar-refractivity contribution in [3.8, 4) is 0 Å². The van der Waals surface area contributed by atoms with Crippen molar-refractivity contribution < 1.29 is 9.59 Å². The third-order valence-corrected chi connectivity index (χ3v) is 6.66. The summed E-state index contributed by atoms with van der Waals surface area (Å²) in [6, 6.07) is 9.01. The molecule has 1 saturated heterocycles. The van der Waals surface area contributed by atoms with Gasteiger partial charge in [-0.2, -0.15) is 10.1 Å². The van der Waals surface area contributed by atoms with E-state index in [0.29, 0.717) is 26.7 Å². The first kappa shape index (κ1) is 23.4. The van der Waals surface area contributed by atoms with Crippen LogP contribution >= 0.6 is 11.3 Å². The largest absolute Gasteiger partial charge is 0.347 e. The molecule has 9 heteroatoms. The second-order valence-electron chi connectivity index (χ2n) is 9.66. The highest BCUT2D eigenvalue weighted by atomic mass is 32.1. The van der Waals surface area contributed by atoms with Gasteiger partial charge in [-0.25, -0.2) is 4.68 Å².